The third-order valence-corrected chi connectivity index (χ3v) is 4.65. The molecule has 1 aromatic heterocycles. The summed E-state index contributed by atoms with van der Waals surface area (Å²) in [7, 11) is 0. The van der Waals surface area contributed by atoms with Gasteiger partial charge in [-0.15, -0.1) is 0 Å². The Labute approximate surface area is 119 Å². The van der Waals surface area contributed by atoms with Crippen LogP contribution in [-0.4, -0.2) is 39.5 Å². The van der Waals surface area contributed by atoms with Crippen molar-refractivity contribution >= 4 is 11.9 Å². The van der Waals surface area contributed by atoms with E-state index in [9.17, 15) is 9.59 Å². The summed E-state index contributed by atoms with van der Waals surface area (Å²) in [6.07, 6.45) is 4.85. The van der Waals surface area contributed by atoms with Crippen molar-refractivity contribution in [2.75, 3.05) is 13.1 Å². The maximum Gasteiger partial charge on any atom is 0.352 e. The van der Waals surface area contributed by atoms with Crippen LogP contribution < -0.4 is 0 Å². The lowest BCUT2D eigenvalue weighted by Crippen LogP contribution is -2.34. The number of hydrogen-bond donors (Lipinski definition) is 1. The first-order valence-corrected chi connectivity index (χ1v) is 7.17. The Morgan fingerprint density at radius 3 is 2.60 bits per heavy atom. The molecule has 0 aromatic carbocycles. The SMILES string of the molecule is CCC1(CC)CCN(C(=O)Cn2cccc2C(=O)O)C1. The molecule has 1 fully saturated rings. The number of aromatic nitrogens is 1. The minimum Gasteiger partial charge on any atom is -0.477 e. The van der Waals surface area contributed by atoms with E-state index >= 15 is 0 Å². The van der Waals surface area contributed by atoms with Gasteiger partial charge in [-0.25, -0.2) is 4.79 Å². The Bertz CT molecular complexity index is 503. The fourth-order valence-electron chi connectivity index (χ4n) is 2.97. The largest absolute Gasteiger partial charge is 0.477 e. The van der Waals surface area contributed by atoms with E-state index in [2.05, 4.69) is 13.8 Å². The molecule has 1 aliphatic heterocycles. The highest BCUT2D eigenvalue weighted by atomic mass is 16.4. The predicted molar refractivity (Wildman–Crippen MR) is 75.6 cm³/mol. The molecule has 0 aliphatic carbocycles. The number of carbonyl (C=O) groups is 2. The quantitative estimate of drug-likeness (QED) is 0.898. The van der Waals surface area contributed by atoms with Gasteiger partial charge in [-0.2, -0.15) is 0 Å². The van der Waals surface area contributed by atoms with Crippen molar-refractivity contribution in [3.05, 3.63) is 24.0 Å². The van der Waals surface area contributed by atoms with Gasteiger partial charge in [-0.3, -0.25) is 4.79 Å². The molecule has 2 rings (SSSR count). The van der Waals surface area contributed by atoms with E-state index in [-0.39, 0.29) is 23.6 Å². The van der Waals surface area contributed by atoms with Crippen molar-refractivity contribution in [3.8, 4) is 0 Å². The maximum atomic E-state index is 12.3. The third kappa shape index (κ3) is 2.71. The molecule has 1 amide bonds. The topological polar surface area (TPSA) is 62.5 Å². The molecule has 1 N–H and O–H groups in total. The molecule has 0 saturated carbocycles. The molecule has 2 heterocycles. The summed E-state index contributed by atoms with van der Waals surface area (Å²) in [5, 5.41) is 9.05. The minimum absolute atomic E-state index is 0.00692. The van der Waals surface area contributed by atoms with Crippen molar-refractivity contribution in [2.45, 2.75) is 39.7 Å². The van der Waals surface area contributed by atoms with Crippen molar-refractivity contribution in [1.29, 1.82) is 0 Å². The van der Waals surface area contributed by atoms with Crippen LogP contribution in [0.15, 0.2) is 18.3 Å². The van der Waals surface area contributed by atoms with E-state index in [1.165, 1.54) is 10.6 Å². The van der Waals surface area contributed by atoms with E-state index in [0.29, 0.717) is 0 Å². The number of hydrogen-bond acceptors (Lipinski definition) is 2. The smallest absolute Gasteiger partial charge is 0.352 e. The van der Waals surface area contributed by atoms with Crippen molar-refractivity contribution in [3.63, 3.8) is 0 Å². The lowest BCUT2D eigenvalue weighted by Gasteiger charge is -2.26. The van der Waals surface area contributed by atoms with Gasteiger partial charge < -0.3 is 14.6 Å². The van der Waals surface area contributed by atoms with Gasteiger partial charge in [0.25, 0.3) is 0 Å². The fraction of sp³-hybridized carbons (Fsp3) is 0.600. The molecule has 0 spiro atoms. The molecule has 5 nitrogen and oxygen atoms in total. The molecule has 110 valence electrons. The van der Waals surface area contributed by atoms with Crippen LogP contribution in [0.1, 0.15) is 43.6 Å². The van der Waals surface area contributed by atoms with E-state index in [1.807, 2.05) is 4.90 Å². The summed E-state index contributed by atoms with van der Waals surface area (Å²) < 4.78 is 1.50. The molecular weight excluding hydrogens is 256 g/mol. The lowest BCUT2D eigenvalue weighted by atomic mass is 9.82. The van der Waals surface area contributed by atoms with Crippen molar-refractivity contribution < 1.29 is 14.7 Å². The van der Waals surface area contributed by atoms with Gasteiger partial charge in [0, 0.05) is 19.3 Å². The fourth-order valence-corrected chi connectivity index (χ4v) is 2.97. The average Bonchev–Trinajstić information content (AvgIpc) is 3.05. The maximum absolute atomic E-state index is 12.3. The zero-order chi connectivity index (χ0) is 14.8. The van der Waals surface area contributed by atoms with Crippen LogP contribution >= 0.6 is 0 Å². The Morgan fingerprint density at radius 1 is 1.35 bits per heavy atom. The monoisotopic (exact) mass is 278 g/mol. The van der Waals surface area contributed by atoms with Crippen LogP contribution in [0.5, 0.6) is 0 Å². The van der Waals surface area contributed by atoms with Crippen LogP contribution in [0.3, 0.4) is 0 Å². The molecular formula is C15H22N2O3. The van der Waals surface area contributed by atoms with Crippen LogP contribution in [0.2, 0.25) is 0 Å². The molecule has 1 aromatic rings. The summed E-state index contributed by atoms with van der Waals surface area (Å²) >= 11 is 0. The summed E-state index contributed by atoms with van der Waals surface area (Å²) in [6.45, 7) is 6.03. The van der Waals surface area contributed by atoms with Crippen LogP contribution in [0.4, 0.5) is 0 Å². The highest BCUT2D eigenvalue weighted by Gasteiger charge is 2.36. The van der Waals surface area contributed by atoms with Crippen molar-refractivity contribution in [2.24, 2.45) is 5.41 Å². The molecule has 0 unspecified atom stereocenters. The van der Waals surface area contributed by atoms with Gasteiger partial charge in [0.05, 0.1) is 0 Å². The third-order valence-electron chi connectivity index (χ3n) is 4.65. The van der Waals surface area contributed by atoms with Crippen LogP contribution in [0.25, 0.3) is 0 Å². The Kier molecular flexibility index (Phi) is 4.16. The molecule has 0 bridgehead atoms. The second-order valence-electron chi connectivity index (χ2n) is 5.60. The van der Waals surface area contributed by atoms with Gasteiger partial charge >= 0.3 is 5.97 Å². The number of nitrogens with zero attached hydrogens (tertiary/aromatic N) is 2. The number of carbonyl (C=O) groups excluding carboxylic acids is 1. The van der Waals surface area contributed by atoms with Gasteiger partial charge in [-0.05, 0) is 36.8 Å². The molecule has 1 aliphatic rings. The molecule has 1 saturated heterocycles. The zero-order valence-electron chi connectivity index (χ0n) is 12.1. The predicted octanol–water partition coefficient (Wildman–Crippen LogP) is 2.23. The van der Waals surface area contributed by atoms with Gasteiger partial charge in [0.1, 0.15) is 12.2 Å². The Balaban J connectivity index is 2.03. The van der Waals surface area contributed by atoms with Crippen LogP contribution in [0, 0.1) is 5.41 Å². The van der Waals surface area contributed by atoms with Crippen LogP contribution in [-0.2, 0) is 11.3 Å². The number of aromatic carboxylic acids is 1. The molecule has 0 atom stereocenters. The highest BCUT2D eigenvalue weighted by Crippen LogP contribution is 2.36. The minimum atomic E-state index is -0.999. The first kappa shape index (κ1) is 14.6. The summed E-state index contributed by atoms with van der Waals surface area (Å²) in [6, 6.07) is 3.17. The summed E-state index contributed by atoms with van der Waals surface area (Å²) in [5.41, 5.74) is 0.414. The van der Waals surface area contributed by atoms with E-state index < -0.39 is 5.97 Å². The van der Waals surface area contributed by atoms with Gasteiger partial charge in [0.2, 0.25) is 5.91 Å². The number of likely N-dealkylation sites (tertiary alicyclic amines) is 1. The molecule has 5 heteroatoms. The molecule has 20 heavy (non-hydrogen) atoms. The normalized spacial score (nSPS) is 17.4. The first-order chi connectivity index (χ1) is 9.51. The number of carboxylic acid groups (broad SMARTS) is 1. The van der Waals surface area contributed by atoms with E-state index in [0.717, 1.165) is 32.4 Å². The van der Waals surface area contributed by atoms with E-state index in [1.54, 1.807) is 12.3 Å². The molecule has 0 radical (unpaired) electrons. The number of carboxylic acids is 1. The number of rotatable bonds is 5. The second-order valence-corrected chi connectivity index (χ2v) is 5.60. The number of amides is 1. The van der Waals surface area contributed by atoms with Gasteiger partial charge in [-0.1, -0.05) is 13.8 Å². The first-order valence-electron chi connectivity index (χ1n) is 7.17. The average molecular weight is 278 g/mol. The highest BCUT2D eigenvalue weighted by molar-refractivity contribution is 5.87. The summed E-state index contributed by atoms with van der Waals surface area (Å²) in [4.78, 5) is 25.2. The summed E-state index contributed by atoms with van der Waals surface area (Å²) in [5.74, 6) is -0.992. The standard InChI is InChI=1S/C15H22N2O3/c1-3-15(4-2)7-9-17(11-15)13(18)10-16-8-5-6-12(16)14(19)20/h5-6,8H,3-4,7,9-11H2,1-2H3,(H,19,20). The zero-order valence-corrected chi connectivity index (χ0v) is 12.1. The van der Waals surface area contributed by atoms with Crippen molar-refractivity contribution in [1.82, 2.24) is 9.47 Å². The Hall–Kier alpha value is -1.78. The van der Waals surface area contributed by atoms with E-state index in [4.69, 9.17) is 5.11 Å². The Morgan fingerprint density at radius 2 is 2.05 bits per heavy atom. The lowest BCUT2D eigenvalue weighted by molar-refractivity contribution is -0.131. The second kappa shape index (κ2) is 5.69. The van der Waals surface area contributed by atoms with Gasteiger partial charge in [0.15, 0.2) is 0 Å².